The Labute approximate surface area is 133 Å². The molecule has 0 atom stereocenters. The van der Waals surface area contributed by atoms with Crippen molar-refractivity contribution in [2.75, 3.05) is 19.6 Å². The molecule has 22 heavy (non-hydrogen) atoms. The monoisotopic (exact) mass is 302 g/mol. The summed E-state index contributed by atoms with van der Waals surface area (Å²) in [7, 11) is 0. The fraction of sp³-hybridized carbons (Fsp3) is 0.556. The number of likely N-dealkylation sites (tertiary alicyclic amines) is 1. The molecule has 4 heteroatoms. The highest BCUT2D eigenvalue weighted by Crippen LogP contribution is 2.25. The Bertz CT molecular complexity index is 519. The second-order valence-electron chi connectivity index (χ2n) is 6.43. The molecular weight excluding hydrogens is 276 g/mol. The number of benzene rings is 1. The molecule has 0 N–H and O–H groups in total. The van der Waals surface area contributed by atoms with Crippen LogP contribution in [0.3, 0.4) is 0 Å². The lowest BCUT2D eigenvalue weighted by atomic mass is 9.89. The van der Waals surface area contributed by atoms with Gasteiger partial charge < -0.3 is 9.80 Å². The molecule has 2 rings (SSSR count). The number of nitrogens with zero attached hydrogens (tertiary/aromatic N) is 2. The molecule has 0 bridgehead atoms. The second-order valence-corrected chi connectivity index (χ2v) is 6.43. The lowest BCUT2D eigenvalue weighted by Crippen LogP contribution is -2.50. The third-order valence-electron chi connectivity index (χ3n) is 4.35. The van der Waals surface area contributed by atoms with Gasteiger partial charge >= 0.3 is 0 Å². The maximum atomic E-state index is 12.9. The summed E-state index contributed by atoms with van der Waals surface area (Å²) in [5.41, 5.74) is 0.0944. The van der Waals surface area contributed by atoms with Crippen molar-refractivity contribution in [1.82, 2.24) is 9.80 Å². The van der Waals surface area contributed by atoms with Gasteiger partial charge in [-0.1, -0.05) is 30.3 Å². The first kappa shape index (κ1) is 16.5. The molecule has 1 aromatic rings. The van der Waals surface area contributed by atoms with Crippen LogP contribution in [0.5, 0.6) is 0 Å². The minimum absolute atomic E-state index is 0.0403. The molecule has 120 valence electrons. The van der Waals surface area contributed by atoms with Crippen LogP contribution in [0.15, 0.2) is 30.3 Å². The van der Waals surface area contributed by atoms with Gasteiger partial charge in [-0.2, -0.15) is 0 Å². The van der Waals surface area contributed by atoms with Crippen molar-refractivity contribution < 1.29 is 9.59 Å². The third-order valence-corrected chi connectivity index (χ3v) is 4.35. The van der Waals surface area contributed by atoms with Gasteiger partial charge in [-0.25, -0.2) is 0 Å². The normalized spacial score (nSPS) is 15.0. The van der Waals surface area contributed by atoms with Crippen LogP contribution in [0.1, 0.15) is 39.2 Å². The predicted molar refractivity (Wildman–Crippen MR) is 87.1 cm³/mol. The molecular formula is C18H26N2O2. The van der Waals surface area contributed by atoms with E-state index in [4.69, 9.17) is 0 Å². The lowest BCUT2D eigenvalue weighted by molar-refractivity contribution is -0.153. The quantitative estimate of drug-likeness (QED) is 0.785. The molecule has 1 aliphatic rings. The molecule has 1 saturated heterocycles. The average Bonchev–Trinajstić information content (AvgIpc) is 3.06. The van der Waals surface area contributed by atoms with E-state index in [1.807, 2.05) is 42.2 Å². The van der Waals surface area contributed by atoms with Crippen LogP contribution in [-0.2, 0) is 16.1 Å². The van der Waals surface area contributed by atoms with Gasteiger partial charge in [-0.05, 0) is 39.2 Å². The zero-order valence-electron chi connectivity index (χ0n) is 13.8. The lowest BCUT2D eigenvalue weighted by Gasteiger charge is -2.33. The fourth-order valence-corrected chi connectivity index (χ4v) is 2.93. The Morgan fingerprint density at radius 2 is 1.73 bits per heavy atom. The van der Waals surface area contributed by atoms with E-state index in [2.05, 4.69) is 0 Å². The van der Waals surface area contributed by atoms with Crippen molar-refractivity contribution >= 4 is 11.8 Å². The van der Waals surface area contributed by atoms with E-state index in [0.29, 0.717) is 13.1 Å². The first-order chi connectivity index (χ1) is 10.5. The minimum atomic E-state index is -0.991. The van der Waals surface area contributed by atoms with Gasteiger partial charge in [0.15, 0.2) is 0 Å². The van der Waals surface area contributed by atoms with Gasteiger partial charge in [0, 0.05) is 26.2 Å². The van der Waals surface area contributed by atoms with Crippen LogP contribution in [0, 0.1) is 5.41 Å². The van der Waals surface area contributed by atoms with Gasteiger partial charge in [0.05, 0.1) is 0 Å². The topological polar surface area (TPSA) is 40.6 Å². The molecule has 0 saturated carbocycles. The summed E-state index contributed by atoms with van der Waals surface area (Å²) in [6, 6.07) is 9.90. The zero-order chi connectivity index (χ0) is 16.2. The van der Waals surface area contributed by atoms with Crippen LogP contribution in [0.2, 0.25) is 0 Å². The first-order valence-corrected chi connectivity index (χ1v) is 8.09. The number of amides is 2. The molecule has 0 radical (unpaired) electrons. The molecule has 2 amide bonds. The van der Waals surface area contributed by atoms with E-state index in [-0.39, 0.29) is 11.8 Å². The summed E-state index contributed by atoms with van der Waals surface area (Å²) in [4.78, 5) is 29.1. The number of hydrogen-bond donors (Lipinski definition) is 0. The number of carbonyl (C=O) groups excluding carboxylic acids is 2. The molecule has 0 aliphatic carbocycles. The molecule has 0 spiro atoms. The predicted octanol–water partition coefficient (Wildman–Crippen LogP) is 2.68. The summed E-state index contributed by atoms with van der Waals surface area (Å²) in [6.45, 7) is 8.17. The maximum Gasteiger partial charge on any atom is 0.237 e. The smallest absolute Gasteiger partial charge is 0.237 e. The average molecular weight is 302 g/mol. The standard InChI is InChI=1S/C18H26N2O2/c1-4-19(14-15-10-6-5-7-11-15)16(21)18(2,3)17(22)20-12-8-9-13-20/h5-7,10-11H,4,8-9,12-14H2,1-3H3. The van der Waals surface area contributed by atoms with Gasteiger partial charge in [0.1, 0.15) is 5.41 Å². The van der Waals surface area contributed by atoms with Crippen molar-refractivity contribution in [2.24, 2.45) is 5.41 Å². The second kappa shape index (κ2) is 6.95. The van der Waals surface area contributed by atoms with Crippen LogP contribution in [0.25, 0.3) is 0 Å². The van der Waals surface area contributed by atoms with Crippen LogP contribution in [0.4, 0.5) is 0 Å². The fourth-order valence-electron chi connectivity index (χ4n) is 2.93. The number of hydrogen-bond acceptors (Lipinski definition) is 2. The first-order valence-electron chi connectivity index (χ1n) is 8.09. The third kappa shape index (κ3) is 3.49. The summed E-state index contributed by atoms with van der Waals surface area (Å²) < 4.78 is 0. The van der Waals surface area contributed by atoms with Gasteiger partial charge in [-0.3, -0.25) is 9.59 Å². The van der Waals surface area contributed by atoms with Crippen molar-refractivity contribution in [2.45, 2.75) is 40.2 Å². The summed E-state index contributed by atoms with van der Waals surface area (Å²) in [6.07, 6.45) is 2.08. The highest BCUT2D eigenvalue weighted by atomic mass is 16.2. The van der Waals surface area contributed by atoms with Crippen molar-refractivity contribution in [1.29, 1.82) is 0 Å². The number of carbonyl (C=O) groups is 2. The highest BCUT2D eigenvalue weighted by Gasteiger charge is 2.41. The van der Waals surface area contributed by atoms with Gasteiger partial charge in [0.25, 0.3) is 0 Å². The Balaban J connectivity index is 2.10. The van der Waals surface area contributed by atoms with E-state index < -0.39 is 5.41 Å². The SMILES string of the molecule is CCN(Cc1ccccc1)C(=O)C(C)(C)C(=O)N1CCCC1. The van der Waals surface area contributed by atoms with E-state index in [9.17, 15) is 9.59 Å². The Morgan fingerprint density at radius 1 is 1.14 bits per heavy atom. The highest BCUT2D eigenvalue weighted by molar-refractivity contribution is 6.04. The minimum Gasteiger partial charge on any atom is -0.342 e. The Kier molecular flexibility index (Phi) is 5.22. The van der Waals surface area contributed by atoms with E-state index in [1.165, 1.54) is 0 Å². The molecule has 4 nitrogen and oxygen atoms in total. The largest absolute Gasteiger partial charge is 0.342 e. The van der Waals surface area contributed by atoms with E-state index >= 15 is 0 Å². The summed E-state index contributed by atoms with van der Waals surface area (Å²) >= 11 is 0. The zero-order valence-corrected chi connectivity index (χ0v) is 13.8. The summed E-state index contributed by atoms with van der Waals surface area (Å²) in [5, 5.41) is 0. The van der Waals surface area contributed by atoms with Crippen LogP contribution < -0.4 is 0 Å². The molecule has 1 aromatic carbocycles. The Hall–Kier alpha value is -1.84. The number of rotatable bonds is 5. The molecule has 0 aromatic heterocycles. The van der Waals surface area contributed by atoms with Gasteiger partial charge in [0.2, 0.25) is 11.8 Å². The molecule has 1 heterocycles. The maximum absolute atomic E-state index is 12.9. The van der Waals surface area contributed by atoms with Crippen molar-refractivity contribution in [3.8, 4) is 0 Å². The molecule has 1 fully saturated rings. The van der Waals surface area contributed by atoms with Crippen LogP contribution >= 0.6 is 0 Å². The van der Waals surface area contributed by atoms with Crippen LogP contribution in [-0.4, -0.2) is 41.2 Å². The van der Waals surface area contributed by atoms with Gasteiger partial charge in [-0.15, -0.1) is 0 Å². The molecule has 0 unspecified atom stereocenters. The van der Waals surface area contributed by atoms with E-state index in [0.717, 1.165) is 31.5 Å². The molecule has 1 aliphatic heterocycles. The van der Waals surface area contributed by atoms with Crippen molar-refractivity contribution in [3.63, 3.8) is 0 Å². The Morgan fingerprint density at radius 3 is 2.27 bits per heavy atom. The summed E-state index contributed by atoms with van der Waals surface area (Å²) in [5.74, 6) is -0.128. The van der Waals surface area contributed by atoms with Crippen molar-refractivity contribution in [3.05, 3.63) is 35.9 Å². The van der Waals surface area contributed by atoms with E-state index in [1.54, 1.807) is 18.7 Å².